The summed E-state index contributed by atoms with van der Waals surface area (Å²) in [7, 11) is 0. The van der Waals surface area contributed by atoms with Gasteiger partial charge in [0.15, 0.2) is 0 Å². The highest BCUT2D eigenvalue weighted by Gasteiger charge is 2.36. The Bertz CT molecular complexity index is 871. The van der Waals surface area contributed by atoms with Gasteiger partial charge in [-0.1, -0.05) is 0 Å². The molecule has 0 spiro atoms. The first-order valence-electron chi connectivity index (χ1n) is 9.74. The van der Waals surface area contributed by atoms with Gasteiger partial charge in [-0.15, -0.1) is 11.3 Å². The van der Waals surface area contributed by atoms with Crippen LogP contribution in [0.2, 0.25) is 0 Å². The Balaban J connectivity index is 1.49. The van der Waals surface area contributed by atoms with Crippen LogP contribution in [0.5, 0.6) is 0 Å². The fraction of sp³-hybridized carbons (Fsp3) is 0.429. The Morgan fingerprint density at radius 1 is 1.25 bits per heavy atom. The van der Waals surface area contributed by atoms with Crippen molar-refractivity contribution in [2.45, 2.75) is 38.6 Å². The second-order valence-electron chi connectivity index (χ2n) is 7.56. The predicted octanol–water partition coefficient (Wildman–Crippen LogP) is 4.50. The monoisotopic (exact) mass is 401 g/mol. The highest BCUT2D eigenvalue weighted by Crippen LogP contribution is 2.34. The minimum Gasteiger partial charge on any atom is -0.324 e. The van der Waals surface area contributed by atoms with Crippen LogP contribution in [-0.4, -0.2) is 36.0 Å². The molecule has 1 saturated heterocycles. The number of rotatable bonds is 2. The number of carbonyl (C=O) groups excluding carboxylic acids is 2. The fourth-order valence-corrected chi connectivity index (χ4v) is 4.76. The summed E-state index contributed by atoms with van der Waals surface area (Å²) in [4.78, 5) is 29.5. The van der Waals surface area contributed by atoms with Gasteiger partial charge in [-0.25, -0.2) is 9.18 Å². The first-order valence-corrected chi connectivity index (χ1v) is 10.6. The van der Waals surface area contributed by atoms with E-state index in [1.165, 1.54) is 23.5 Å². The van der Waals surface area contributed by atoms with E-state index in [0.717, 1.165) is 41.9 Å². The van der Waals surface area contributed by atoms with Crippen molar-refractivity contribution in [3.8, 4) is 0 Å². The topological polar surface area (TPSA) is 52.7 Å². The molecule has 2 unspecified atom stereocenters. The summed E-state index contributed by atoms with van der Waals surface area (Å²) < 4.78 is 13.6. The Hall–Kier alpha value is -2.41. The van der Waals surface area contributed by atoms with E-state index in [2.05, 4.69) is 5.32 Å². The maximum Gasteiger partial charge on any atom is 0.322 e. The second kappa shape index (κ2) is 7.91. The molecule has 0 bridgehead atoms. The summed E-state index contributed by atoms with van der Waals surface area (Å²) >= 11 is 1.47. The molecule has 0 saturated carbocycles. The molecule has 1 N–H and O–H groups in total. The lowest BCUT2D eigenvalue weighted by Gasteiger charge is -2.40. The van der Waals surface area contributed by atoms with E-state index in [1.54, 1.807) is 11.0 Å². The smallest absolute Gasteiger partial charge is 0.322 e. The summed E-state index contributed by atoms with van der Waals surface area (Å²) in [5, 5.41) is 5.62. The highest BCUT2D eigenvalue weighted by molar-refractivity contribution is 7.14. The maximum absolute atomic E-state index is 13.6. The standard InChI is InChI=1S/C21H24FN3O2S/c1-14-6-7-15-12-17(22)8-9-18(15)25(14)20(26)16-4-2-10-24(13-16)21(27)23-19-5-3-11-28-19/h3,5,8-9,11-12,14,16H,2,4,6-7,10,13H2,1H3,(H,23,27). The average Bonchev–Trinajstić information content (AvgIpc) is 3.20. The molecular weight excluding hydrogens is 377 g/mol. The van der Waals surface area contributed by atoms with E-state index in [-0.39, 0.29) is 29.7 Å². The zero-order chi connectivity index (χ0) is 19.7. The molecule has 2 aromatic rings. The van der Waals surface area contributed by atoms with Crippen molar-refractivity contribution in [2.75, 3.05) is 23.3 Å². The number of nitrogens with zero attached hydrogens (tertiary/aromatic N) is 2. The van der Waals surface area contributed by atoms with Crippen molar-refractivity contribution in [2.24, 2.45) is 5.92 Å². The van der Waals surface area contributed by atoms with Crippen LogP contribution < -0.4 is 10.2 Å². The van der Waals surface area contributed by atoms with Gasteiger partial charge < -0.3 is 9.80 Å². The lowest BCUT2D eigenvalue weighted by Crippen LogP contribution is -2.51. The summed E-state index contributed by atoms with van der Waals surface area (Å²) in [6, 6.07) is 8.32. The largest absolute Gasteiger partial charge is 0.324 e. The number of piperidine rings is 1. The molecule has 0 aliphatic carbocycles. The van der Waals surface area contributed by atoms with E-state index in [0.29, 0.717) is 13.1 Å². The summed E-state index contributed by atoms with van der Waals surface area (Å²) in [5.41, 5.74) is 1.69. The Labute approximate surface area is 168 Å². The molecular formula is C21H24FN3O2S. The zero-order valence-electron chi connectivity index (χ0n) is 15.9. The number of thiophene rings is 1. The van der Waals surface area contributed by atoms with E-state index in [4.69, 9.17) is 0 Å². The Morgan fingerprint density at radius 3 is 2.89 bits per heavy atom. The fourth-order valence-electron chi connectivity index (χ4n) is 4.15. The third kappa shape index (κ3) is 3.76. The number of hydrogen-bond acceptors (Lipinski definition) is 3. The number of nitrogens with one attached hydrogen (secondary N) is 1. The molecule has 0 radical (unpaired) electrons. The van der Waals surface area contributed by atoms with Crippen LogP contribution in [-0.2, 0) is 11.2 Å². The molecule has 2 aliphatic rings. The van der Waals surface area contributed by atoms with Crippen molar-refractivity contribution < 1.29 is 14.0 Å². The van der Waals surface area contributed by atoms with Crippen LogP contribution in [0.1, 0.15) is 31.7 Å². The molecule has 7 heteroatoms. The summed E-state index contributed by atoms with van der Waals surface area (Å²) in [6.07, 6.45) is 3.16. The zero-order valence-corrected chi connectivity index (χ0v) is 16.7. The van der Waals surface area contributed by atoms with E-state index >= 15 is 0 Å². The van der Waals surface area contributed by atoms with Gasteiger partial charge in [0.25, 0.3) is 0 Å². The molecule has 2 atom stereocenters. The highest BCUT2D eigenvalue weighted by atomic mass is 32.1. The second-order valence-corrected chi connectivity index (χ2v) is 8.51. The van der Waals surface area contributed by atoms with Crippen LogP contribution in [0.15, 0.2) is 35.7 Å². The molecule has 3 amide bonds. The number of hydrogen-bond donors (Lipinski definition) is 1. The molecule has 1 fully saturated rings. The molecule has 4 rings (SSSR count). The number of halogens is 1. The lowest BCUT2D eigenvalue weighted by atomic mass is 9.91. The minimum absolute atomic E-state index is 0.0358. The van der Waals surface area contributed by atoms with E-state index in [1.807, 2.05) is 29.3 Å². The SMILES string of the molecule is CC1CCc2cc(F)ccc2N1C(=O)C1CCCN(C(=O)Nc2cccs2)C1. The molecule has 28 heavy (non-hydrogen) atoms. The van der Waals surface area contributed by atoms with Gasteiger partial charge >= 0.3 is 6.03 Å². The third-order valence-corrected chi connectivity index (χ3v) is 6.41. The van der Waals surface area contributed by atoms with Crippen LogP contribution in [0, 0.1) is 11.7 Å². The van der Waals surface area contributed by atoms with Crippen molar-refractivity contribution >= 4 is 34.0 Å². The number of anilines is 2. The van der Waals surface area contributed by atoms with Crippen LogP contribution in [0.3, 0.4) is 0 Å². The van der Waals surface area contributed by atoms with E-state index < -0.39 is 0 Å². The molecule has 3 heterocycles. The molecule has 1 aromatic carbocycles. The predicted molar refractivity (Wildman–Crippen MR) is 109 cm³/mol. The van der Waals surface area contributed by atoms with Crippen LogP contribution in [0.25, 0.3) is 0 Å². The maximum atomic E-state index is 13.6. The number of amides is 3. The van der Waals surface area contributed by atoms with Crippen LogP contribution in [0.4, 0.5) is 19.9 Å². The van der Waals surface area contributed by atoms with Gasteiger partial charge in [-0.3, -0.25) is 10.1 Å². The lowest BCUT2D eigenvalue weighted by molar-refractivity contribution is -0.124. The number of carbonyl (C=O) groups is 2. The molecule has 1 aromatic heterocycles. The minimum atomic E-state index is -0.269. The van der Waals surface area contributed by atoms with Crippen LogP contribution >= 0.6 is 11.3 Å². The first kappa shape index (κ1) is 18.9. The Morgan fingerprint density at radius 2 is 2.11 bits per heavy atom. The number of urea groups is 1. The quantitative estimate of drug-likeness (QED) is 0.806. The molecule has 2 aliphatic heterocycles. The summed E-state index contributed by atoms with van der Waals surface area (Å²) in [5.74, 6) is -0.468. The molecule has 148 valence electrons. The van der Waals surface area contributed by atoms with Gasteiger partial charge in [0.05, 0.1) is 10.9 Å². The number of aryl methyl sites for hydroxylation is 1. The number of likely N-dealkylation sites (tertiary alicyclic amines) is 1. The van der Waals surface area contributed by atoms with Crippen molar-refractivity contribution in [1.82, 2.24) is 4.90 Å². The van der Waals surface area contributed by atoms with Gasteiger partial charge in [0.1, 0.15) is 5.82 Å². The van der Waals surface area contributed by atoms with Gasteiger partial charge in [-0.2, -0.15) is 0 Å². The number of fused-ring (bicyclic) bond motifs is 1. The van der Waals surface area contributed by atoms with Gasteiger partial charge in [0.2, 0.25) is 5.91 Å². The van der Waals surface area contributed by atoms with Crippen molar-refractivity contribution in [3.05, 3.63) is 47.1 Å². The number of benzene rings is 1. The van der Waals surface area contributed by atoms with Crippen molar-refractivity contribution in [1.29, 1.82) is 0 Å². The normalized spacial score (nSPS) is 21.9. The molecule has 5 nitrogen and oxygen atoms in total. The average molecular weight is 402 g/mol. The van der Waals surface area contributed by atoms with Crippen molar-refractivity contribution in [3.63, 3.8) is 0 Å². The van der Waals surface area contributed by atoms with Gasteiger partial charge in [-0.05, 0) is 73.9 Å². The van der Waals surface area contributed by atoms with Gasteiger partial charge in [0, 0.05) is 24.8 Å². The third-order valence-electron chi connectivity index (χ3n) is 5.62. The Kier molecular flexibility index (Phi) is 5.35. The first-order chi connectivity index (χ1) is 13.5. The van der Waals surface area contributed by atoms with E-state index in [9.17, 15) is 14.0 Å². The summed E-state index contributed by atoms with van der Waals surface area (Å²) in [6.45, 7) is 3.10.